The van der Waals surface area contributed by atoms with Crippen molar-refractivity contribution in [1.82, 2.24) is 9.88 Å². The zero-order valence-electron chi connectivity index (χ0n) is 14.1. The highest BCUT2D eigenvalue weighted by molar-refractivity contribution is 5.90. The van der Waals surface area contributed by atoms with E-state index in [1.54, 1.807) is 11.1 Å². The van der Waals surface area contributed by atoms with Crippen LogP contribution < -0.4 is 5.32 Å². The molecule has 0 radical (unpaired) electrons. The average Bonchev–Trinajstić information content (AvgIpc) is 2.68. The minimum atomic E-state index is -0.297. The lowest BCUT2D eigenvalue weighted by molar-refractivity contribution is -0.00485. The van der Waals surface area contributed by atoms with Crippen molar-refractivity contribution in [3.8, 4) is 0 Å². The molecule has 1 aliphatic heterocycles. The van der Waals surface area contributed by atoms with Crippen molar-refractivity contribution >= 4 is 11.7 Å². The molecule has 0 saturated carbocycles. The van der Waals surface area contributed by atoms with E-state index in [0.29, 0.717) is 19.8 Å². The van der Waals surface area contributed by atoms with E-state index in [0.717, 1.165) is 29.8 Å². The number of aromatic nitrogens is 1. The van der Waals surface area contributed by atoms with Gasteiger partial charge in [-0.2, -0.15) is 0 Å². The van der Waals surface area contributed by atoms with Crippen LogP contribution in [0.15, 0.2) is 48.7 Å². The summed E-state index contributed by atoms with van der Waals surface area (Å²) >= 11 is 0. The molecule has 132 valence electrons. The fraction of sp³-hybridized carbons (Fsp3) is 0.368. The lowest BCUT2D eigenvalue weighted by atomic mass is 10.1. The molecule has 0 aliphatic carbocycles. The van der Waals surface area contributed by atoms with Crippen molar-refractivity contribution in [2.24, 2.45) is 0 Å². The number of aryl methyl sites for hydroxylation is 2. The Morgan fingerprint density at radius 3 is 2.88 bits per heavy atom. The number of carbonyl (C=O) groups excluding carboxylic acids is 1. The second-order valence-corrected chi connectivity index (χ2v) is 6.01. The van der Waals surface area contributed by atoms with Gasteiger partial charge in [-0.15, -0.1) is 0 Å². The van der Waals surface area contributed by atoms with Crippen molar-refractivity contribution < 1.29 is 14.6 Å². The summed E-state index contributed by atoms with van der Waals surface area (Å²) in [5.41, 5.74) is 2.89. The number of nitrogens with one attached hydrogen (secondary N) is 1. The number of hydrogen-bond donors (Lipinski definition) is 2. The van der Waals surface area contributed by atoms with Gasteiger partial charge < -0.3 is 20.1 Å². The SMILES string of the molecule is O=C(Nc1ccccc1CCc1ccccn1)N1CCOC[C@H]1CO. The van der Waals surface area contributed by atoms with Gasteiger partial charge in [-0.3, -0.25) is 4.98 Å². The molecule has 1 atom stereocenters. The summed E-state index contributed by atoms with van der Waals surface area (Å²) in [6, 6.07) is 13.2. The molecule has 2 N–H and O–H groups in total. The molecule has 6 nitrogen and oxygen atoms in total. The van der Waals surface area contributed by atoms with Crippen LogP contribution in [0.1, 0.15) is 11.3 Å². The maximum atomic E-state index is 12.6. The molecule has 0 spiro atoms. The first-order valence-corrected chi connectivity index (χ1v) is 8.52. The maximum Gasteiger partial charge on any atom is 0.322 e. The minimum absolute atomic E-state index is 0.102. The van der Waals surface area contributed by atoms with Crippen LogP contribution in [0, 0.1) is 0 Å². The van der Waals surface area contributed by atoms with Gasteiger partial charge in [-0.1, -0.05) is 24.3 Å². The summed E-state index contributed by atoms with van der Waals surface area (Å²) in [6.07, 6.45) is 3.39. The van der Waals surface area contributed by atoms with Gasteiger partial charge in [0.15, 0.2) is 0 Å². The van der Waals surface area contributed by atoms with Crippen LogP contribution in [0.3, 0.4) is 0 Å². The summed E-state index contributed by atoms with van der Waals surface area (Å²) in [5.74, 6) is 0. The highest BCUT2D eigenvalue weighted by Crippen LogP contribution is 2.19. The molecule has 3 rings (SSSR count). The molecule has 1 aromatic heterocycles. The van der Waals surface area contributed by atoms with E-state index in [4.69, 9.17) is 4.74 Å². The van der Waals surface area contributed by atoms with Crippen LogP contribution in [0.25, 0.3) is 0 Å². The molecule has 1 fully saturated rings. The van der Waals surface area contributed by atoms with Gasteiger partial charge in [0, 0.05) is 24.1 Å². The van der Waals surface area contributed by atoms with E-state index < -0.39 is 0 Å². The fourth-order valence-electron chi connectivity index (χ4n) is 2.93. The van der Waals surface area contributed by atoms with E-state index in [2.05, 4.69) is 10.3 Å². The Balaban J connectivity index is 1.67. The monoisotopic (exact) mass is 341 g/mol. The number of benzene rings is 1. The first-order valence-electron chi connectivity index (χ1n) is 8.52. The van der Waals surface area contributed by atoms with Crippen LogP contribution >= 0.6 is 0 Å². The van der Waals surface area contributed by atoms with Gasteiger partial charge in [-0.25, -0.2) is 4.79 Å². The van der Waals surface area contributed by atoms with Crippen molar-refractivity contribution in [3.05, 3.63) is 59.9 Å². The van der Waals surface area contributed by atoms with E-state index in [1.807, 2.05) is 42.5 Å². The van der Waals surface area contributed by atoms with Crippen molar-refractivity contribution in [3.63, 3.8) is 0 Å². The predicted octanol–water partition coefficient (Wildman–Crippen LogP) is 2.09. The number of anilines is 1. The average molecular weight is 341 g/mol. The van der Waals surface area contributed by atoms with Crippen LogP contribution in [-0.4, -0.2) is 53.4 Å². The Bertz CT molecular complexity index is 693. The Hall–Kier alpha value is -2.44. The molecule has 0 unspecified atom stereocenters. The number of carbonyl (C=O) groups is 1. The number of nitrogens with zero attached hydrogens (tertiary/aromatic N) is 2. The van der Waals surface area contributed by atoms with Crippen molar-refractivity contribution in [2.75, 3.05) is 31.7 Å². The van der Waals surface area contributed by atoms with Gasteiger partial charge in [0.2, 0.25) is 0 Å². The Morgan fingerprint density at radius 2 is 2.08 bits per heavy atom. The molecular formula is C19H23N3O3. The summed E-state index contributed by atoms with van der Waals surface area (Å²) < 4.78 is 5.33. The van der Waals surface area contributed by atoms with Crippen molar-refractivity contribution in [1.29, 1.82) is 0 Å². The van der Waals surface area contributed by atoms with Crippen molar-refractivity contribution in [2.45, 2.75) is 18.9 Å². The Kier molecular flexibility index (Phi) is 5.98. The number of aliphatic hydroxyl groups is 1. The molecule has 6 heteroatoms. The van der Waals surface area contributed by atoms with E-state index in [-0.39, 0.29) is 18.7 Å². The fourth-order valence-corrected chi connectivity index (χ4v) is 2.93. The van der Waals surface area contributed by atoms with Crippen LogP contribution in [-0.2, 0) is 17.6 Å². The van der Waals surface area contributed by atoms with Gasteiger partial charge in [-0.05, 0) is 36.6 Å². The number of amides is 2. The topological polar surface area (TPSA) is 74.7 Å². The highest BCUT2D eigenvalue weighted by atomic mass is 16.5. The zero-order chi connectivity index (χ0) is 17.5. The summed E-state index contributed by atoms with van der Waals surface area (Å²) in [6.45, 7) is 1.23. The number of rotatable bonds is 5. The second-order valence-electron chi connectivity index (χ2n) is 6.01. The van der Waals surface area contributed by atoms with Crippen LogP contribution in [0.4, 0.5) is 10.5 Å². The van der Waals surface area contributed by atoms with E-state index in [9.17, 15) is 9.90 Å². The standard InChI is InChI=1S/C19H23N3O3/c23-13-17-14-25-12-11-22(17)19(24)21-18-7-2-1-5-15(18)8-9-16-6-3-4-10-20-16/h1-7,10,17,23H,8-9,11-14H2,(H,21,24)/t17-/m1/s1. The molecule has 0 bridgehead atoms. The Morgan fingerprint density at radius 1 is 1.24 bits per heavy atom. The third kappa shape index (κ3) is 4.55. The van der Waals surface area contributed by atoms with Crippen LogP contribution in [0.2, 0.25) is 0 Å². The molecule has 2 heterocycles. The molecule has 2 amide bonds. The minimum Gasteiger partial charge on any atom is -0.394 e. The molecule has 2 aromatic rings. The molecule has 1 aromatic carbocycles. The smallest absolute Gasteiger partial charge is 0.322 e. The number of aliphatic hydroxyl groups excluding tert-OH is 1. The van der Waals surface area contributed by atoms with E-state index in [1.165, 1.54) is 0 Å². The third-order valence-electron chi connectivity index (χ3n) is 4.33. The van der Waals surface area contributed by atoms with Gasteiger partial charge in [0.05, 0.1) is 25.9 Å². The summed E-state index contributed by atoms with van der Waals surface area (Å²) in [4.78, 5) is 18.6. The lowest BCUT2D eigenvalue weighted by Crippen LogP contribution is -2.52. The number of morpholine rings is 1. The van der Waals surface area contributed by atoms with Gasteiger partial charge in [0.1, 0.15) is 0 Å². The number of para-hydroxylation sites is 1. The first kappa shape index (κ1) is 17.4. The lowest BCUT2D eigenvalue weighted by Gasteiger charge is -2.34. The number of pyridine rings is 1. The van der Waals surface area contributed by atoms with E-state index >= 15 is 0 Å². The predicted molar refractivity (Wildman–Crippen MR) is 95.5 cm³/mol. The molecule has 25 heavy (non-hydrogen) atoms. The zero-order valence-corrected chi connectivity index (χ0v) is 14.1. The largest absolute Gasteiger partial charge is 0.394 e. The van der Waals surface area contributed by atoms with Gasteiger partial charge in [0.25, 0.3) is 0 Å². The second kappa shape index (κ2) is 8.60. The molecular weight excluding hydrogens is 318 g/mol. The molecule has 1 saturated heterocycles. The number of hydrogen-bond acceptors (Lipinski definition) is 4. The highest BCUT2D eigenvalue weighted by Gasteiger charge is 2.27. The number of ether oxygens (including phenoxy) is 1. The first-order chi connectivity index (χ1) is 12.3. The number of urea groups is 1. The maximum absolute atomic E-state index is 12.6. The quantitative estimate of drug-likeness (QED) is 0.873. The summed E-state index contributed by atoms with van der Waals surface area (Å²) in [5, 5.41) is 12.4. The van der Waals surface area contributed by atoms with Crippen LogP contribution in [0.5, 0.6) is 0 Å². The normalized spacial score (nSPS) is 17.3. The Labute approximate surface area is 147 Å². The van der Waals surface area contributed by atoms with Gasteiger partial charge >= 0.3 is 6.03 Å². The molecule has 1 aliphatic rings. The summed E-state index contributed by atoms with van der Waals surface area (Å²) in [7, 11) is 0. The third-order valence-corrected chi connectivity index (χ3v) is 4.33.